The fourth-order valence-corrected chi connectivity index (χ4v) is 8.86. The molecular formula is C54H34N6. The summed E-state index contributed by atoms with van der Waals surface area (Å²) in [6.07, 6.45) is 3.72. The Labute approximate surface area is 345 Å². The van der Waals surface area contributed by atoms with Crippen molar-refractivity contribution in [1.29, 1.82) is 0 Å². The van der Waals surface area contributed by atoms with Gasteiger partial charge in [-0.3, -0.25) is 14.5 Å². The average Bonchev–Trinajstić information content (AvgIpc) is 3.85. The zero-order chi connectivity index (χ0) is 39.6. The summed E-state index contributed by atoms with van der Waals surface area (Å²) in [5.74, 6) is 0.606. The summed E-state index contributed by atoms with van der Waals surface area (Å²) in [6, 6.07) is 68.2. The molecule has 0 spiro atoms. The fraction of sp³-hybridized carbons (Fsp3) is 0. The molecule has 0 atom stereocenters. The van der Waals surface area contributed by atoms with Crippen LogP contribution in [0.2, 0.25) is 0 Å². The predicted molar refractivity (Wildman–Crippen MR) is 246 cm³/mol. The molecule has 0 bridgehead atoms. The van der Waals surface area contributed by atoms with Gasteiger partial charge in [0.15, 0.2) is 0 Å². The third-order valence-corrected chi connectivity index (χ3v) is 11.6. The van der Waals surface area contributed by atoms with Gasteiger partial charge in [-0.1, -0.05) is 127 Å². The van der Waals surface area contributed by atoms with Gasteiger partial charge in [-0.05, 0) is 77.9 Å². The van der Waals surface area contributed by atoms with E-state index in [0.29, 0.717) is 5.95 Å². The normalized spacial score (nSPS) is 11.7. The van der Waals surface area contributed by atoms with Crippen molar-refractivity contribution in [3.63, 3.8) is 0 Å². The second-order valence-corrected chi connectivity index (χ2v) is 15.1. The van der Waals surface area contributed by atoms with Crippen molar-refractivity contribution < 1.29 is 0 Å². The molecule has 0 saturated carbocycles. The molecule has 280 valence electrons. The van der Waals surface area contributed by atoms with E-state index in [1.807, 2.05) is 42.7 Å². The van der Waals surface area contributed by atoms with E-state index in [0.717, 1.165) is 94.3 Å². The minimum atomic E-state index is 0.606. The van der Waals surface area contributed by atoms with Crippen LogP contribution in [0.5, 0.6) is 0 Å². The van der Waals surface area contributed by atoms with Gasteiger partial charge in [-0.15, -0.1) is 0 Å². The largest absolute Gasteiger partial charge is 0.309 e. The van der Waals surface area contributed by atoms with Gasteiger partial charge in [-0.2, -0.15) is 0 Å². The molecule has 0 fully saturated rings. The molecule has 0 aliphatic carbocycles. The molecule has 0 aliphatic heterocycles. The molecule has 7 aromatic carbocycles. The van der Waals surface area contributed by atoms with Crippen LogP contribution in [0.25, 0.3) is 111 Å². The lowest BCUT2D eigenvalue weighted by Gasteiger charge is -2.12. The van der Waals surface area contributed by atoms with E-state index in [1.165, 1.54) is 10.8 Å². The maximum absolute atomic E-state index is 5.31. The lowest BCUT2D eigenvalue weighted by atomic mass is 10.0. The Bertz CT molecular complexity index is 3530. The van der Waals surface area contributed by atoms with Gasteiger partial charge in [0.05, 0.1) is 44.7 Å². The summed E-state index contributed by atoms with van der Waals surface area (Å²) < 4.78 is 4.58. The Hall–Kier alpha value is -8.22. The number of para-hydroxylation sites is 1. The molecule has 6 heteroatoms. The second-order valence-electron chi connectivity index (χ2n) is 15.1. The highest BCUT2D eigenvalue weighted by Crippen LogP contribution is 2.40. The number of aromatic nitrogens is 6. The summed E-state index contributed by atoms with van der Waals surface area (Å²) in [5.41, 5.74) is 14.4. The van der Waals surface area contributed by atoms with Crippen LogP contribution in [0, 0.1) is 0 Å². The van der Waals surface area contributed by atoms with E-state index in [4.69, 9.17) is 15.0 Å². The highest BCUT2D eigenvalue weighted by atomic mass is 15.2. The summed E-state index contributed by atoms with van der Waals surface area (Å²) in [4.78, 5) is 20.2. The molecule has 0 saturated heterocycles. The van der Waals surface area contributed by atoms with Gasteiger partial charge in [-0.25, -0.2) is 9.97 Å². The molecule has 0 aliphatic rings. The topological polar surface area (TPSA) is 61.4 Å². The highest BCUT2D eigenvalue weighted by Gasteiger charge is 2.21. The summed E-state index contributed by atoms with van der Waals surface area (Å²) >= 11 is 0. The summed E-state index contributed by atoms with van der Waals surface area (Å²) in [6.45, 7) is 0. The van der Waals surface area contributed by atoms with Crippen molar-refractivity contribution >= 4 is 54.5 Å². The third-order valence-electron chi connectivity index (χ3n) is 11.6. The van der Waals surface area contributed by atoms with E-state index in [2.05, 4.69) is 178 Å². The zero-order valence-electron chi connectivity index (χ0n) is 32.3. The minimum absolute atomic E-state index is 0.606. The van der Waals surface area contributed by atoms with Gasteiger partial charge in [0.25, 0.3) is 0 Å². The molecule has 12 rings (SSSR count). The van der Waals surface area contributed by atoms with Crippen LogP contribution in [-0.2, 0) is 0 Å². The molecule has 12 aromatic rings. The number of hydrogen-bond acceptors (Lipinski definition) is 4. The van der Waals surface area contributed by atoms with Gasteiger partial charge >= 0.3 is 0 Å². The van der Waals surface area contributed by atoms with Crippen molar-refractivity contribution in [3.8, 4) is 56.5 Å². The van der Waals surface area contributed by atoms with Crippen molar-refractivity contribution in [2.75, 3.05) is 0 Å². The Morgan fingerprint density at radius 1 is 0.333 bits per heavy atom. The molecule has 60 heavy (non-hydrogen) atoms. The monoisotopic (exact) mass is 766 g/mol. The molecule has 5 aromatic heterocycles. The number of nitrogens with zero attached hydrogens (tertiary/aromatic N) is 6. The van der Waals surface area contributed by atoms with Crippen LogP contribution >= 0.6 is 0 Å². The minimum Gasteiger partial charge on any atom is -0.309 e. The Balaban J connectivity index is 1.08. The number of pyridine rings is 2. The number of fused-ring (bicyclic) bond motifs is 8. The van der Waals surface area contributed by atoms with Gasteiger partial charge in [0, 0.05) is 61.7 Å². The first-order valence-electron chi connectivity index (χ1n) is 20.1. The standard InChI is InChI=1S/C54H34N6/c1-3-13-35(14-4-1)46-34-47(36-15-5-2-6-16-36)58-54(57-46)60-50-28-24-37-18-12-30-56-53(37)52(50)43-26-23-39(33-51(43)60)38-25-27-49-44(32-38)42-20-7-8-22-48(42)59(49)41-19-11-17-40(31-41)45-21-9-10-29-55-45/h1-34H. The quantitative estimate of drug-likeness (QED) is 0.169. The van der Waals surface area contributed by atoms with Crippen molar-refractivity contribution in [3.05, 3.63) is 207 Å². The van der Waals surface area contributed by atoms with Crippen LogP contribution in [0.3, 0.4) is 0 Å². The maximum atomic E-state index is 5.31. The lowest BCUT2D eigenvalue weighted by Crippen LogP contribution is -2.04. The van der Waals surface area contributed by atoms with E-state index < -0.39 is 0 Å². The van der Waals surface area contributed by atoms with Crippen LogP contribution in [0.15, 0.2) is 207 Å². The van der Waals surface area contributed by atoms with E-state index in [-0.39, 0.29) is 0 Å². The number of benzene rings is 7. The van der Waals surface area contributed by atoms with E-state index in [1.54, 1.807) is 0 Å². The smallest absolute Gasteiger partial charge is 0.235 e. The molecule has 0 N–H and O–H groups in total. The fourth-order valence-electron chi connectivity index (χ4n) is 8.86. The molecule has 0 unspecified atom stereocenters. The molecule has 0 amide bonds. The SMILES string of the molecule is c1ccc(-c2cc(-c3ccccc3)nc(-n3c4cc(-c5ccc6c(c5)c5ccccc5n6-c5cccc(-c6ccccn6)c5)ccc4c4c5ncccc5ccc43)n2)cc1. The van der Waals surface area contributed by atoms with Gasteiger partial charge in [0.1, 0.15) is 0 Å². The maximum Gasteiger partial charge on any atom is 0.235 e. The third kappa shape index (κ3) is 5.50. The molecule has 5 heterocycles. The summed E-state index contributed by atoms with van der Waals surface area (Å²) in [7, 11) is 0. The van der Waals surface area contributed by atoms with Crippen LogP contribution in [0.4, 0.5) is 0 Å². The predicted octanol–water partition coefficient (Wildman–Crippen LogP) is 13.3. The van der Waals surface area contributed by atoms with Gasteiger partial charge < -0.3 is 4.57 Å². The van der Waals surface area contributed by atoms with Crippen molar-refractivity contribution in [2.45, 2.75) is 0 Å². The Morgan fingerprint density at radius 3 is 1.82 bits per heavy atom. The lowest BCUT2D eigenvalue weighted by molar-refractivity contribution is 0.996. The average molecular weight is 767 g/mol. The van der Waals surface area contributed by atoms with E-state index >= 15 is 0 Å². The number of hydrogen-bond donors (Lipinski definition) is 0. The molecular weight excluding hydrogens is 733 g/mol. The first-order chi connectivity index (χ1) is 29.7. The second kappa shape index (κ2) is 13.7. The first-order valence-corrected chi connectivity index (χ1v) is 20.1. The van der Waals surface area contributed by atoms with Crippen molar-refractivity contribution in [2.24, 2.45) is 0 Å². The molecule has 6 nitrogen and oxygen atoms in total. The van der Waals surface area contributed by atoms with Crippen LogP contribution in [0.1, 0.15) is 0 Å². The Kier molecular flexibility index (Phi) is 7.74. The van der Waals surface area contributed by atoms with Crippen molar-refractivity contribution in [1.82, 2.24) is 29.1 Å². The van der Waals surface area contributed by atoms with E-state index in [9.17, 15) is 0 Å². The van der Waals surface area contributed by atoms with Crippen LogP contribution in [-0.4, -0.2) is 29.1 Å². The van der Waals surface area contributed by atoms with Crippen LogP contribution < -0.4 is 0 Å². The summed E-state index contributed by atoms with van der Waals surface area (Å²) in [5, 5.41) is 5.65. The van der Waals surface area contributed by atoms with Gasteiger partial charge in [0.2, 0.25) is 5.95 Å². The Morgan fingerprint density at radius 2 is 1.02 bits per heavy atom. The number of rotatable bonds is 6. The highest BCUT2D eigenvalue weighted by molar-refractivity contribution is 6.20. The first kappa shape index (κ1) is 33.9. The zero-order valence-corrected chi connectivity index (χ0v) is 32.3. The molecule has 0 radical (unpaired) electrons.